The number of likely N-dealkylation sites (N-methyl/N-ethyl adjacent to an activating group) is 1. The lowest BCUT2D eigenvalue weighted by Gasteiger charge is -2.16. The van der Waals surface area contributed by atoms with E-state index in [9.17, 15) is 4.79 Å². The van der Waals surface area contributed by atoms with Crippen molar-refractivity contribution in [1.82, 2.24) is 24.6 Å². The van der Waals surface area contributed by atoms with Gasteiger partial charge in [0.1, 0.15) is 16.5 Å². The van der Waals surface area contributed by atoms with Gasteiger partial charge in [0.2, 0.25) is 0 Å². The van der Waals surface area contributed by atoms with E-state index in [0.29, 0.717) is 57.7 Å². The first-order valence-corrected chi connectivity index (χ1v) is 15.5. The van der Waals surface area contributed by atoms with Gasteiger partial charge in [-0.25, -0.2) is 4.98 Å². The van der Waals surface area contributed by atoms with Crippen LogP contribution in [0, 0.1) is 0 Å². The molecule has 0 spiro atoms. The maximum absolute atomic E-state index is 13.1. The van der Waals surface area contributed by atoms with Gasteiger partial charge >= 0.3 is 0 Å². The molecule has 0 fully saturated rings. The number of hydrogen-bond donors (Lipinski definition) is 0. The third-order valence-electron chi connectivity index (χ3n) is 6.70. The molecule has 0 N–H and O–H groups in total. The van der Waals surface area contributed by atoms with Crippen LogP contribution in [-0.2, 0) is 12.2 Å². The van der Waals surface area contributed by atoms with Gasteiger partial charge in [0.25, 0.3) is 5.91 Å². The predicted molar refractivity (Wildman–Crippen MR) is 170 cm³/mol. The zero-order chi connectivity index (χ0) is 30.3. The van der Waals surface area contributed by atoms with E-state index in [-0.39, 0.29) is 5.91 Å². The van der Waals surface area contributed by atoms with Gasteiger partial charge in [-0.3, -0.25) is 9.36 Å². The van der Waals surface area contributed by atoms with Gasteiger partial charge in [-0.05, 0) is 48.4 Å². The van der Waals surface area contributed by atoms with Crippen molar-refractivity contribution >= 4 is 40.6 Å². The van der Waals surface area contributed by atoms with Crippen LogP contribution >= 0.6 is 34.7 Å². The van der Waals surface area contributed by atoms with Crippen molar-refractivity contribution in [2.45, 2.75) is 17.3 Å². The number of rotatable bonds is 12. The zero-order valence-electron chi connectivity index (χ0n) is 24.1. The van der Waals surface area contributed by atoms with Crippen LogP contribution < -0.4 is 14.2 Å². The summed E-state index contributed by atoms with van der Waals surface area (Å²) in [6.07, 6.45) is 0.668. The Morgan fingerprint density at radius 1 is 0.953 bits per heavy atom. The summed E-state index contributed by atoms with van der Waals surface area (Å²) in [5, 5.41) is 12.8. The number of thiazole rings is 1. The number of benzene rings is 3. The third kappa shape index (κ3) is 6.79. The van der Waals surface area contributed by atoms with Gasteiger partial charge in [0.05, 0.1) is 37.8 Å². The van der Waals surface area contributed by atoms with Crippen molar-refractivity contribution in [3.05, 3.63) is 93.4 Å². The monoisotopic (exact) mass is 635 g/mol. The minimum Gasteiger partial charge on any atom is -0.495 e. The molecule has 2 heterocycles. The molecule has 0 saturated carbocycles. The first-order chi connectivity index (χ1) is 20.9. The third-order valence-corrected chi connectivity index (χ3v) is 9.00. The maximum atomic E-state index is 13.1. The lowest BCUT2D eigenvalue weighted by atomic mass is 10.1. The van der Waals surface area contributed by atoms with Crippen molar-refractivity contribution in [3.8, 4) is 34.3 Å². The van der Waals surface area contributed by atoms with Crippen molar-refractivity contribution in [3.63, 3.8) is 0 Å². The number of amides is 1. The molecule has 0 saturated heterocycles. The minimum absolute atomic E-state index is 0.133. The highest BCUT2D eigenvalue weighted by atomic mass is 35.5. The average Bonchev–Trinajstić information content (AvgIpc) is 3.69. The molecule has 0 atom stereocenters. The molecule has 3 aromatic carbocycles. The second kappa shape index (κ2) is 13.9. The second-order valence-corrected chi connectivity index (χ2v) is 11.7. The molecule has 5 aromatic rings. The second-order valence-electron chi connectivity index (χ2n) is 9.37. The standard InChI is InChI=1S/C31H30ClN5O4S2/c1-36(16-15-20-13-14-26(40-3)27(17-20)41-4)30(38)23-18-42-28(33-23)19-43-31-35-34-29(21-9-5-6-10-22(21)32)37(31)24-11-7-8-12-25(24)39-2/h5-14,17-18H,15-16,19H2,1-4H3. The van der Waals surface area contributed by atoms with Gasteiger partial charge < -0.3 is 19.1 Å². The van der Waals surface area contributed by atoms with Gasteiger partial charge in [-0.15, -0.1) is 21.5 Å². The Labute approximate surface area is 263 Å². The largest absolute Gasteiger partial charge is 0.495 e. The lowest BCUT2D eigenvalue weighted by molar-refractivity contribution is 0.0791. The number of aromatic nitrogens is 4. The Morgan fingerprint density at radius 3 is 2.47 bits per heavy atom. The van der Waals surface area contributed by atoms with Gasteiger partial charge in [-0.1, -0.05) is 53.7 Å². The Kier molecular flexibility index (Phi) is 9.86. The highest BCUT2D eigenvalue weighted by Gasteiger charge is 2.22. The number of ether oxygens (including phenoxy) is 3. The normalized spacial score (nSPS) is 10.9. The van der Waals surface area contributed by atoms with Crippen molar-refractivity contribution in [2.75, 3.05) is 34.9 Å². The maximum Gasteiger partial charge on any atom is 0.273 e. The molecule has 222 valence electrons. The Hall–Kier alpha value is -4.06. The smallest absolute Gasteiger partial charge is 0.273 e. The van der Waals surface area contributed by atoms with Crippen LogP contribution in [0.2, 0.25) is 5.02 Å². The topological polar surface area (TPSA) is 91.6 Å². The Morgan fingerprint density at radius 2 is 1.70 bits per heavy atom. The van der Waals surface area contributed by atoms with Crippen molar-refractivity contribution < 1.29 is 19.0 Å². The van der Waals surface area contributed by atoms with E-state index in [1.54, 1.807) is 38.7 Å². The number of halogens is 1. The molecule has 0 aliphatic rings. The molecule has 5 rings (SSSR count). The van der Waals surface area contributed by atoms with E-state index in [1.165, 1.54) is 23.1 Å². The number of para-hydroxylation sites is 2. The van der Waals surface area contributed by atoms with Crippen LogP contribution in [0.25, 0.3) is 17.1 Å². The molecule has 2 aromatic heterocycles. The number of nitrogens with zero attached hydrogens (tertiary/aromatic N) is 5. The van der Waals surface area contributed by atoms with Crippen LogP contribution in [0.1, 0.15) is 21.1 Å². The Bertz CT molecular complexity index is 1720. The van der Waals surface area contributed by atoms with E-state index in [1.807, 2.05) is 71.3 Å². The van der Waals surface area contributed by atoms with Crippen LogP contribution in [0.5, 0.6) is 17.2 Å². The number of methoxy groups -OCH3 is 3. The minimum atomic E-state index is -0.133. The summed E-state index contributed by atoms with van der Waals surface area (Å²) in [4.78, 5) is 19.5. The summed E-state index contributed by atoms with van der Waals surface area (Å²) in [6, 6.07) is 21.0. The summed E-state index contributed by atoms with van der Waals surface area (Å²) in [7, 11) is 6.62. The van der Waals surface area contributed by atoms with Crippen LogP contribution in [-0.4, -0.2) is 65.5 Å². The van der Waals surface area contributed by atoms with E-state index < -0.39 is 0 Å². The Balaban J connectivity index is 1.30. The summed E-state index contributed by atoms with van der Waals surface area (Å²) >= 11 is 9.46. The molecule has 0 aliphatic heterocycles. The SMILES string of the molecule is COc1ccc(CCN(C)C(=O)c2csc(CSc3nnc(-c4ccccc4Cl)n3-c3ccccc3OC)n2)cc1OC. The summed E-state index contributed by atoms with van der Waals surface area (Å²) < 4.78 is 18.3. The van der Waals surface area contributed by atoms with Crippen LogP contribution in [0.15, 0.2) is 77.3 Å². The molecule has 0 radical (unpaired) electrons. The van der Waals surface area contributed by atoms with Gasteiger partial charge in [0.15, 0.2) is 22.5 Å². The average molecular weight is 636 g/mol. The fourth-order valence-corrected chi connectivity index (χ4v) is 6.39. The fourth-order valence-electron chi connectivity index (χ4n) is 4.44. The molecule has 12 heteroatoms. The van der Waals surface area contributed by atoms with Crippen LogP contribution in [0.4, 0.5) is 0 Å². The van der Waals surface area contributed by atoms with E-state index in [4.69, 9.17) is 25.8 Å². The molecule has 0 aliphatic carbocycles. The van der Waals surface area contributed by atoms with E-state index in [0.717, 1.165) is 21.8 Å². The highest BCUT2D eigenvalue weighted by Crippen LogP contribution is 2.36. The molecular weight excluding hydrogens is 606 g/mol. The van der Waals surface area contributed by atoms with Gasteiger partial charge in [-0.2, -0.15) is 0 Å². The molecule has 1 amide bonds. The van der Waals surface area contributed by atoms with Gasteiger partial charge in [0, 0.05) is 24.5 Å². The van der Waals surface area contributed by atoms with E-state index >= 15 is 0 Å². The zero-order valence-corrected chi connectivity index (χ0v) is 26.5. The first kappa shape index (κ1) is 30.4. The number of hydrogen-bond acceptors (Lipinski definition) is 9. The summed E-state index contributed by atoms with van der Waals surface area (Å²) in [5.74, 6) is 2.98. The first-order valence-electron chi connectivity index (χ1n) is 13.3. The number of carbonyl (C=O) groups is 1. The summed E-state index contributed by atoms with van der Waals surface area (Å²) in [6.45, 7) is 0.531. The number of carbonyl (C=O) groups excluding carboxylic acids is 1. The molecule has 0 bridgehead atoms. The quantitative estimate of drug-likeness (QED) is 0.140. The predicted octanol–water partition coefficient (Wildman–Crippen LogP) is 6.68. The molecule has 9 nitrogen and oxygen atoms in total. The number of thioether (sulfide) groups is 1. The lowest BCUT2D eigenvalue weighted by Crippen LogP contribution is -2.29. The molecule has 0 unspecified atom stereocenters. The van der Waals surface area contributed by atoms with Crippen molar-refractivity contribution in [2.24, 2.45) is 0 Å². The fraction of sp³-hybridized carbons (Fsp3) is 0.226. The van der Waals surface area contributed by atoms with Crippen molar-refractivity contribution in [1.29, 1.82) is 0 Å². The van der Waals surface area contributed by atoms with Crippen LogP contribution in [0.3, 0.4) is 0 Å². The van der Waals surface area contributed by atoms with E-state index in [2.05, 4.69) is 15.2 Å². The summed E-state index contributed by atoms with van der Waals surface area (Å²) in [5.41, 5.74) is 3.01. The highest BCUT2D eigenvalue weighted by molar-refractivity contribution is 7.98. The molecular formula is C31H30ClN5O4S2. The molecule has 43 heavy (non-hydrogen) atoms.